The van der Waals surface area contributed by atoms with Crippen LogP contribution < -0.4 is 0 Å². The van der Waals surface area contributed by atoms with Gasteiger partial charge in [0.1, 0.15) is 6.10 Å². The molecule has 0 radical (unpaired) electrons. The third-order valence-corrected chi connectivity index (χ3v) is 6.57. The molecule has 3 aromatic carbocycles. The van der Waals surface area contributed by atoms with Crippen molar-refractivity contribution in [3.8, 4) is 0 Å². The molecule has 238 valence electrons. The Morgan fingerprint density at radius 1 is 0.630 bits per heavy atom. The van der Waals surface area contributed by atoms with Gasteiger partial charge in [-0.3, -0.25) is 0 Å². The molecule has 3 aromatic rings. The first-order valence-electron chi connectivity index (χ1n) is 14.2. The second kappa shape index (κ2) is 17.8. The molecule has 0 N–H and O–H groups in total. The molecule has 5 atom stereocenters. The number of hydrogen-bond acceptors (Lipinski definition) is 11. The van der Waals surface area contributed by atoms with Gasteiger partial charge in [0.25, 0.3) is 0 Å². The van der Waals surface area contributed by atoms with Crippen LogP contribution in [0.1, 0.15) is 31.1 Å². The zero-order chi connectivity index (χ0) is 32.6. The van der Waals surface area contributed by atoms with Gasteiger partial charge in [-0.15, -0.1) is 0 Å². The largest absolute Gasteiger partial charge is 0.452 e. The molecule has 1 heterocycles. The second-order valence-corrected chi connectivity index (χ2v) is 9.61. The van der Waals surface area contributed by atoms with Gasteiger partial charge in [-0.25, -0.2) is 14.4 Å². The number of carbonyl (C=O) groups is 3. The van der Waals surface area contributed by atoms with Gasteiger partial charge in [0.05, 0.1) is 36.5 Å². The first-order chi connectivity index (χ1) is 22.5. The van der Waals surface area contributed by atoms with Crippen LogP contribution in [0.5, 0.6) is 0 Å². The molecule has 0 saturated carbocycles. The van der Waals surface area contributed by atoms with Crippen molar-refractivity contribution in [2.45, 2.75) is 30.7 Å². The van der Waals surface area contributed by atoms with Crippen molar-refractivity contribution in [2.75, 3.05) is 32.9 Å². The third-order valence-electron chi connectivity index (χ3n) is 6.57. The molecule has 1 saturated heterocycles. The molecule has 0 unspecified atom stereocenters. The summed E-state index contributed by atoms with van der Waals surface area (Å²) < 4.78 is 35.4. The molecule has 4 rings (SSSR count). The maximum Gasteiger partial charge on any atom is 0.338 e. The van der Waals surface area contributed by atoms with Gasteiger partial charge >= 0.3 is 17.9 Å². The van der Waals surface area contributed by atoms with Gasteiger partial charge in [-0.1, -0.05) is 64.8 Å². The molecule has 15 heteroatoms. The van der Waals surface area contributed by atoms with E-state index in [9.17, 15) is 14.4 Å². The van der Waals surface area contributed by atoms with Crippen molar-refractivity contribution >= 4 is 17.9 Å². The Bertz CT molecular complexity index is 1530. The van der Waals surface area contributed by atoms with E-state index >= 15 is 0 Å². The molecular formula is C31H30N6O9. The molecule has 0 bridgehead atoms. The Hall–Kier alpha value is -5.43. The van der Waals surface area contributed by atoms with Crippen LogP contribution in [-0.4, -0.2) is 81.5 Å². The lowest BCUT2D eigenvalue weighted by Crippen LogP contribution is -2.63. The average Bonchev–Trinajstić information content (AvgIpc) is 3.10. The zero-order valence-electron chi connectivity index (χ0n) is 24.4. The molecule has 1 fully saturated rings. The van der Waals surface area contributed by atoms with Crippen LogP contribution in [0.4, 0.5) is 0 Å². The average molecular weight is 631 g/mol. The van der Waals surface area contributed by atoms with E-state index in [-0.39, 0.29) is 49.6 Å². The number of carbonyl (C=O) groups excluding carboxylic acids is 3. The summed E-state index contributed by atoms with van der Waals surface area (Å²) in [6.45, 7) is -0.487. The van der Waals surface area contributed by atoms with E-state index < -0.39 is 48.6 Å². The molecule has 0 amide bonds. The van der Waals surface area contributed by atoms with Gasteiger partial charge in [-0.05, 0) is 47.5 Å². The molecule has 15 nitrogen and oxygen atoms in total. The summed E-state index contributed by atoms with van der Waals surface area (Å²) in [5.41, 5.74) is 17.9. The molecule has 46 heavy (non-hydrogen) atoms. The summed E-state index contributed by atoms with van der Waals surface area (Å²) in [6, 6.07) is 24.2. The van der Waals surface area contributed by atoms with Crippen molar-refractivity contribution in [2.24, 2.45) is 10.2 Å². The fourth-order valence-electron chi connectivity index (χ4n) is 4.45. The predicted molar refractivity (Wildman–Crippen MR) is 160 cm³/mol. The lowest BCUT2D eigenvalue weighted by Gasteiger charge is -2.44. The van der Waals surface area contributed by atoms with Crippen LogP contribution in [0.3, 0.4) is 0 Å². The first kappa shape index (κ1) is 33.5. The summed E-state index contributed by atoms with van der Waals surface area (Å²) in [6.07, 6.45) is -6.86. The Balaban J connectivity index is 1.74. The Morgan fingerprint density at radius 3 is 1.54 bits per heavy atom. The number of ether oxygens (including phenoxy) is 6. The van der Waals surface area contributed by atoms with E-state index in [0.29, 0.717) is 0 Å². The van der Waals surface area contributed by atoms with Gasteiger partial charge < -0.3 is 28.4 Å². The quantitative estimate of drug-likeness (QED) is 0.0550. The normalized spacial score (nSPS) is 20.3. The minimum Gasteiger partial charge on any atom is -0.452 e. The van der Waals surface area contributed by atoms with Crippen LogP contribution in [0.15, 0.2) is 101 Å². The standard InChI is InChI=1S/C31H30N6O9/c32-36-34-16-18-41-20-24-25(44-28(38)21-10-4-1-5-11-21)26(45-29(39)22-12-6-2-7-13-22)27(31(43-24)42-19-17-35-37-33)46-30(40)23-14-8-3-9-15-23/h1-15,24-27,31H,16-20H2/t24-,25-,26+,27+,31+/m1/s1. The molecule has 1 aliphatic rings. The summed E-state index contributed by atoms with van der Waals surface area (Å²) in [7, 11) is 0. The molecule has 1 aliphatic heterocycles. The van der Waals surface area contributed by atoms with E-state index in [2.05, 4.69) is 20.1 Å². The summed E-state index contributed by atoms with van der Waals surface area (Å²) >= 11 is 0. The van der Waals surface area contributed by atoms with Crippen LogP contribution in [0.2, 0.25) is 0 Å². The monoisotopic (exact) mass is 630 g/mol. The number of nitrogens with zero attached hydrogens (tertiary/aromatic N) is 6. The van der Waals surface area contributed by atoms with E-state index in [1.54, 1.807) is 54.6 Å². The van der Waals surface area contributed by atoms with Gasteiger partial charge in [0.15, 0.2) is 24.6 Å². The van der Waals surface area contributed by atoms with Gasteiger partial charge in [0.2, 0.25) is 0 Å². The number of rotatable bonds is 15. The van der Waals surface area contributed by atoms with Crippen LogP contribution in [0.25, 0.3) is 20.9 Å². The van der Waals surface area contributed by atoms with Crippen molar-refractivity contribution in [3.05, 3.63) is 129 Å². The lowest BCUT2D eigenvalue weighted by molar-refractivity contribution is -0.299. The predicted octanol–water partition coefficient (Wildman–Crippen LogP) is 5.04. The minimum absolute atomic E-state index is 0.00737. The van der Waals surface area contributed by atoms with Gasteiger partial charge in [-0.2, -0.15) is 0 Å². The number of benzene rings is 3. The van der Waals surface area contributed by atoms with E-state index in [4.69, 9.17) is 39.5 Å². The van der Waals surface area contributed by atoms with Crippen molar-refractivity contribution in [3.63, 3.8) is 0 Å². The Kier molecular flexibility index (Phi) is 12.9. The number of esters is 3. The molecular weight excluding hydrogens is 600 g/mol. The smallest absolute Gasteiger partial charge is 0.338 e. The van der Waals surface area contributed by atoms with E-state index in [1.165, 1.54) is 36.4 Å². The zero-order valence-corrected chi connectivity index (χ0v) is 24.4. The molecule has 0 aromatic heterocycles. The van der Waals surface area contributed by atoms with Crippen molar-refractivity contribution in [1.29, 1.82) is 0 Å². The number of hydrogen-bond donors (Lipinski definition) is 0. The van der Waals surface area contributed by atoms with Crippen molar-refractivity contribution < 1.29 is 42.8 Å². The molecule has 0 spiro atoms. The topological polar surface area (TPSA) is 204 Å². The summed E-state index contributed by atoms with van der Waals surface area (Å²) in [5.74, 6) is -2.37. The maximum absolute atomic E-state index is 13.4. The van der Waals surface area contributed by atoms with Crippen LogP contribution >= 0.6 is 0 Å². The maximum atomic E-state index is 13.4. The SMILES string of the molecule is [N-]=[N+]=NCCOC[C@H]1O[C@H](OCCN=[N+]=[N-])[C@@H](OC(=O)c2ccccc2)[C@@H](OC(=O)c2ccccc2)[C@@H]1OC(=O)c1ccccc1. The fourth-order valence-corrected chi connectivity index (χ4v) is 4.45. The Morgan fingerprint density at radius 2 is 1.07 bits per heavy atom. The van der Waals surface area contributed by atoms with E-state index in [0.717, 1.165) is 0 Å². The highest BCUT2D eigenvalue weighted by molar-refractivity contribution is 5.91. The van der Waals surface area contributed by atoms with Crippen LogP contribution in [0, 0.1) is 0 Å². The lowest BCUT2D eigenvalue weighted by atomic mass is 9.97. The minimum atomic E-state index is -1.48. The van der Waals surface area contributed by atoms with Crippen LogP contribution in [-0.2, 0) is 28.4 Å². The highest BCUT2D eigenvalue weighted by Gasteiger charge is 2.53. The highest BCUT2D eigenvalue weighted by Crippen LogP contribution is 2.31. The number of azide groups is 2. The highest BCUT2D eigenvalue weighted by atomic mass is 16.7. The van der Waals surface area contributed by atoms with Gasteiger partial charge in [0, 0.05) is 22.9 Å². The second-order valence-electron chi connectivity index (χ2n) is 9.61. The van der Waals surface area contributed by atoms with Crippen molar-refractivity contribution in [1.82, 2.24) is 0 Å². The molecule has 0 aliphatic carbocycles. The van der Waals surface area contributed by atoms with E-state index in [1.807, 2.05) is 0 Å². The Labute approximate surface area is 263 Å². The summed E-state index contributed by atoms with van der Waals surface area (Å²) in [4.78, 5) is 45.5. The fraction of sp³-hybridized carbons (Fsp3) is 0.323. The summed E-state index contributed by atoms with van der Waals surface area (Å²) in [5, 5.41) is 6.89. The first-order valence-corrected chi connectivity index (χ1v) is 14.2. The third kappa shape index (κ3) is 9.53.